The van der Waals surface area contributed by atoms with Crippen molar-refractivity contribution in [3.63, 3.8) is 0 Å². The first-order valence-electron chi connectivity index (χ1n) is 6.10. The van der Waals surface area contributed by atoms with Crippen LogP contribution >= 0.6 is 0 Å². The molecule has 0 heterocycles. The monoisotopic (exact) mass is 347 g/mol. The molecule has 0 atom stereocenters. The van der Waals surface area contributed by atoms with Crippen molar-refractivity contribution >= 4 is 21.4 Å². The SMILES string of the molecule is O=C(Nc1ccccc1S(=O)(=O)C(F)F)c1cc(F)cc(F)c1. The Morgan fingerprint density at radius 2 is 1.57 bits per heavy atom. The molecule has 2 aromatic rings. The number of amides is 1. The van der Waals surface area contributed by atoms with Crippen LogP contribution in [0.4, 0.5) is 23.2 Å². The van der Waals surface area contributed by atoms with E-state index in [1.165, 1.54) is 12.1 Å². The Balaban J connectivity index is 2.40. The number of hydrogen-bond acceptors (Lipinski definition) is 3. The zero-order valence-corrected chi connectivity index (χ0v) is 12.1. The quantitative estimate of drug-likeness (QED) is 0.864. The van der Waals surface area contributed by atoms with Gasteiger partial charge in [-0.05, 0) is 24.3 Å². The molecular weight excluding hydrogens is 338 g/mol. The van der Waals surface area contributed by atoms with Gasteiger partial charge in [0.25, 0.3) is 5.91 Å². The van der Waals surface area contributed by atoms with Gasteiger partial charge in [-0.25, -0.2) is 17.2 Å². The number of rotatable bonds is 4. The lowest BCUT2D eigenvalue weighted by molar-refractivity contribution is 0.102. The van der Waals surface area contributed by atoms with Crippen molar-refractivity contribution < 1.29 is 30.8 Å². The van der Waals surface area contributed by atoms with Gasteiger partial charge in [0, 0.05) is 11.6 Å². The second-order valence-electron chi connectivity index (χ2n) is 4.41. The Bertz CT molecular complexity index is 833. The van der Waals surface area contributed by atoms with E-state index >= 15 is 0 Å². The van der Waals surface area contributed by atoms with Crippen LogP contribution in [-0.4, -0.2) is 20.1 Å². The summed E-state index contributed by atoms with van der Waals surface area (Å²) in [5, 5.41) is 2.06. The van der Waals surface area contributed by atoms with Crippen molar-refractivity contribution in [3.8, 4) is 0 Å². The summed E-state index contributed by atoms with van der Waals surface area (Å²) in [6.45, 7) is 0. The van der Waals surface area contributed by atoms with E-state index in [0.717, 1.165) is 24.3 Å². The van der Waals surface area contributed by atoms with Crippen molar-refractivity contribution in [2.75, 3.05) is 5.32 Å². The van der Waals surface area contributed by atoms with Crippen LogP contribution in [0.5, 0.6) is 0 Å². The molecule has 0 aliphatic rings. The highest BCUT2D eigenvalue weighted by Crippen LogP contribution is 2.26. The van der Waals surface area contributed by atoms with Gasteiger partial charge in [0.2, 0.25) is 9.84 Å². The minimum absolute atomic E-state index is 0.414. The van der Waals surface area contributed by atoms with Crippen molar-refractivity contribution in [1.29, 1.82) is 0 Å². The van der Waals surface area contributed by atoms with Gasteiger partial charge < -0.3 is 5.32 Å². The summed E-state index contributed by atoms with van der Waals surface area (Å²) in [6.07, 6.45) is 0. The van der Waals surface area contributed by atoms with Gasteiger partial charge in [-0.15, -0.1) is 0 Å². The van der Waals surface area contributed by atoms with E-state index < -0.39 is 49.3 Å². The Labute approximate surface area is 128 Å². The molecule has 0 saturated carbocycles. The molecule has 2 rings (SSSR count). The first kappa shape index (κ1) is 16.9. The number of halogens is 4. The maximum atomic E-state index is 13.1. The Kier molecular flexibility index (Phi) is 4.69. The third-order valence-electron chi connectivity index (χ3n) is 2.80. The summed E-state index contributed by atoms with van der Waals surface area (Å²) in [6, 6.07) is 6.49. The topological polar surface area (TPSA) is 63.2 Å². The molecule has 0 aromatic heterocycles. The second kappa shape index (κ2) is 6.37. The maximum absolute atomic E-state index is 13.1. The van der Waals surface area contributed by atoms with Gasteiger partial charge in [0.05, 0.1) is 10.6 Å². The highest BCUT2D eigenvalue weighted by molar-refractivity contribution is 7.91. The van der Waals surface area contributed by atoms with Crippen LogP contribution in [0, 0.1) is 11.6 Å². The molecule has 0 spiro atoms. The fourth-order valence-corrected chi connectivity index (χ4v) is 2.68. The standard InChI is InChI=1S/C14H9F4NO3S/c15-9-5-8(6-10(16)7-9)13(20)19-11-3-1-2-4-12(11)23(21,22)14(17)18/h1-7,14H,(H,19,20). The molecule has 122 valence electrons. The summed E-state index contributed by atoms with van der Waals surface area (Å²) in [5.41, 5.74) is -0.839. The van der Waals surface area contributed by atoms with Crippen molar-refractivity contribution in [3.05, 3.63) is 59.7 Å². The molecule has 0 bridgehead atoms. The zero-order chi connectivity index (χ0) is 17.2. The van der Waals surface area contributed by atoms with Gasteiger partial charge in [0.1, 0.15) is 11.6 Å². The van der Waals surface area contributed by atoms with Crippen LogP contribution in [0.2, 0.25) is 0 Å². The third kappa shape index (κ3) is 3.67. The third-order valence-corrected chi connectivity index (χ3v) is 4.24. The predicted molar refractivity (Wildman–Crippen MR) is 73.9 cm³/mol. The number of benzene rings is 2. The minimum Gasteiger partial charge on any atom is -0.321 e. The molecule has 2 aromatic carbocycles. The van der Waals surface area contributed by atoms with Gasteiger partial charge in [-0.1, -0.05) is 12.1 Å². The predicted octanol–water partition coefficient (Wildman–Crippen LogP) is 3.21. The molecule has 4 nitrogen and oxygen atoms in total. The van der Waals surface area contributed by atoms with Gasteiger partial charge in [0.15, 0.2) is 0 Å². The van der Waals surface area contributed by atoms with Crippen molar-refractivity contribution in [1.82, 2.24) is 0 Å². The molecule has 1 amide bonds. The lowest BCUT2D eigenvalue weighted by Crippen LogP contribution is -2.18. The van der Waals surface area contributed by atoms with Crippen LogP contribution in [0.25, 0.3) is 0 Å². The number of carbonyl (C=O) groups is 1. The largest absolute Gasteiger partial charge is 0.341 e. The number of para-hydroxylation sites is 1. The second-order valence-corrected chi connectivity index (χ2v) is 6.30. The zero-order valence-electron chi connectivity index (χ0n) is 11.3. The lowest BCUT2D eigenvalue weighted by atomic mass is 10.2. The number of anilines is 1. The van der Waals surface area contributed by atoms with Crippen LogP contribution in [0.15, 0.2) is 47.4 Å². The van der Waals surface area contributed by atoms with E-state index in [1.807, 2.05) is 0 Å². The summed E-state index contributed by atoms with van der Waals surface area (Å²) >= 11 is 0. The molecule has 0 radical (unpaired) electrons. The van der Waals surface area contributed by atoms with Gasteiger partial charge in [-0.3, -0.25) is 4.79 Å². The van der Waals surface area contributed by atoms with Crippen molar-refractivity contribution in [2.24, 2.45) is 0 Å². The number of sulfone groups is 1. The number of hydrogen-bond donors (Lipinski definition) is 1. The Hall–Kier alpha value is -2.42. The van der Waals surface area contributed by atoms with Crippen LogP contribution < -0.4 is 5.32 Å². The summed E-state index contributed by atoms with van der Waals surface area (Å²) in [5.74, 6) is -6.74. The van der Waals surface area contributed by atoms with E-state index in [2.05, 4.69) is 5.32 Å². The van der Waals surface area contributed by atoms with Crippen LogP contribution in [0.1, 0.15) is 10.4 Å². The average molecular weight is 347 g/mol. The molecule has 23 heavy (non-hydrogen) atoms. The smallest absolute Gasteiger partial charge is 0.321 e. The fourth-order valence-electron chi connectivity index (χ4n) is 1.79. The number of nitrogens with one attached hydrogen (secondary N) is 1. The summed E-state index contributed by atoms with van der Waals surface area (Å²) < 4.78 is 74.6. The van der Waals surface area contributed by atoms with Gasteiger partial charge in [-0.2, -0.15) is 8.78 Å². The van der Waals surface area contributed by atoms with Gasteiger partial charge >= 0.3 is 5.76 Å². The molecule has 0 aliphatic carbocycles. The summed E-state index contributed by atoms with van der Waals surface area (Å²) in [7, 11) is -4.95. The fraction of sp³-hybridized carbons (Fsp3) is 0.0714. The van der Waals surface area contributed by atoms with Crippen LogP contribution in [-0.2, 0) is 9.84 Å². The van der Waals surface area contributed by atoms with Crippen LogP contribution in [0.3, 0.4) is 0 Å². The molecule has 0 saturated heterocycles. The van der Waals surface area contributed by atoms with E-state index in [9.17, 15) is 30.8 Å². The summed E-state index contributed by atoms with van der Waals surface area (Å²) in [4.78, 5) is 11.1. The minimum atomic E-state index is -4.95. The molecule has 0 unspecified atom stereocenters. The van der Waals surface area contributed by atoms with Crippen molar-refractivity contribution in [2.45, 2.75) is 10.7 Å². The maximum Gasteiger partial charge on any atom is 0.341 e. The average Bonchev–Trinajstić information content (AvgIpc) is 2.46. The van der Waals surface area contributed by atoms with E-state index in [-0.39, 0.29) is 0 Å². The first-order chi connectivity index (χ1) is 10.7. The van der Waals surface area contributed by atoms with E-state index in [1.54, 1.807) is 0 Å². The molecule has 1 N–H and O–H groups in total. The molecule has 9 heteroatoms. The highest BCUT2D eigenvalue weighted by Gasteiger charge is 2.29. The normalized spacial score (nSPS) is 11.5. The first-order valence-corrected chi connectivity index (χ1v) is 7.65. The molecule has 0 fully saturated rings. The Morgan fingerprint density at radius 3 is 2.13 bits per heavy atom. The highest BCUT2D eigenvalue weighted by atomic mass is 32.2. The molecule has 0 aliphatic heterocycles. The number of carbonyl (C=O) groups excluding carboxylic acids is 1. The van der Waals surface area contributed by atoms with E-state index in [4.69, 9.17) is 0 Å². The Morgan fingerprint density at radius 1 is 1.00 bits per heavy atom. The number of alkyl halides is 2. The van der Waals surface area contributed by atoms with E-state index in [0.29, 0.717) is 6.07 Å². The lowest BCUT2D eigenvalue weighted by Gasteiger charge is -2.11. The molecular formula is C14H9F4NO3S.